The van der Waals surface area contributed by atoms with Crippen LogP contribution in [0, 0.1) is 0 Å². The Bertz CT molecular complexity index is 712. The molecule has 132 valence electrons. The summed E-state index contributed by atoms with van der Waals surface area (Å²) in [7, 11) is 0. The second kappa shape index (κ2) is 8.53. The smallest absolute Gasteiger partial charge is 0.262 e. The number of rotatable bonds is 6. The molecule has 0 aromatic heterocycles. The lowest BCUT2D eigenvalue weighted by molar-refractivity contribution is -0.118. The molecule has 1 aliphatic heterocycles. The summed E-state index contributed by atoms with van der Waals surface area (Å²) in [4.78, 5) is 14.5. The van der Waals surface area contributed by atoms with E-state index < -0.39 is 0 Å². The van der Waals surface area contributed by atoms with Gasteiger partial charge in [-0.3, -0.25) is 4.79 Å². The summed E-state index contributed by atoms with van der Waals surface area (Å²) in [6.45, 7) is 5.15. The van der Waals surface area contributed by atoms with Crippen molar-refractivity contribution in [1.82, 2.24) is 0 Å². The Morgan fingerprint density at radius 2 is 1.96 bits per heavy atom. The Kier molecular flexibility index (Phi) is 5.90. The van der Waals surface area contributed by atoms with E-state index in [1.807, 2.05) is 48.5 Å². The van der Waals surface area contributed by atoms with E-state index >= 15 is 0 Å². The fourth-order valence-corrected chi connectivity index (χ4v) is 2.85. The second-order valence-electron chi connectivity index (χ2n) is 5.95. The highest BCUT2D eigenvalue weighted by Gasteiger charge is 2.15. The molecule has 0 radical (unpaired) electrons. The van der Waals surface area contributed by atoms with E-state index in [1.165, 1.54) is 5.56 Å². The summed E-state index contributed by atoms with van der Waals surface area (Å²) in [5.74, 6) is 0.554. The standard InChI is InChI=1S/C20H24N2O3/c1-2-16-6-5-7-17(14-16)25-15-20(23)21-18-8-3-4-9-19(18)22-10-12-24-13-11-22/h3-9,14H,2,10-13,15H2,1H3,(H,21,23). The lowest BCUT2D eigenvalue weighted by atomic mass is 10.2. The molecule has 25 heavy (non-hydrogen) atoms. The van der Waals surface area contributed by atoms with Gasteiger partial charge in [-0.15, -0.1) is 0 Å². The zero-order valence-corrected chi connectivity index (χ0v) is 14.5. The normalized spacial score (nSPS) is 14.2. The third-order valence-electron chi connectivity index (χ3n) is 4.21. The van der Waals surface area contributed by atoms with Crippen LogP contribution in [0.15, 0.2) is 48.5 Å². The molecule has 5 heteroatoms. The molecule has 2 aromatic rings. The molecule has 1 heterocycles. The molecule has 0 aliphatic carbocycles. The number of carbonyl (C=O) groups excluding carboxylic acids is 1. The third-order valence-corrected chi connectivity index (χ3v) is 4.21. The van der Waals surface area contributed by atoms with Gasteiger partial charge in [0.25, 0.3) is 5.91 Å². The molecule has 0 unspecified atom stereocenters. The van der Waals surface area contributed by atoms with E-state index in [4.69, 9.17) is 9.47 Å². The van der Waals surface area contributed by atoms with Crippen molar-refractivity contribution in [2.24, 2.45) is 0 Å². The average Bonchev–Trinajstić information content (AvgIpc) is 2.68. The van der Waals surface area contributed by atoms with E-state index in [0.29, 0.717) is 13.2 Å². The molecule has 0 saturated carbocycles. The lowest BCUT2D eigenvalue weighted by Crippen LogP contribution is -2.37. The van der Waals surface area contributed by atoms with Crippen molar-refractivity contribution in [1.29, 1.82) is 0 Å². The summed E-state index contributed by atoms with van der Waals surface area (Å²) in [5, 5.41) is 2.96. The molecule has 1 saturated heterocycles. The summed E-state index contributed by atoms with van der Waals surface area (Å²) in [6.07, 6.45) is 0.941. The van der Waals surface area contributed by atoms with Gasteiger partial charge in [0.15, 0.2) is 6.61 Å². The number of hydrogen-bond donors (Lipinski definition) is 1. The number of hydrogen-bond acceptors (Lipinski definition) is 4. The van der Waals surface area contributed by atoms with E-state index in [1.54, 1.807) is 0 Å². The summed E-state index contributed by atoms with van der Waals surface area (Å²) >= 11 is 0. The molecule has 1 amide bonds. The summed E-state index contributed by atoms with van der Waals surface area (Å²) < 4.78 is 11.0. The number of aryl methyl sites for hydroxylation is 1. The average molecular weight is 340 g/mol. The van der Waals surface area contributed by atoms with Gasteiger partial charge in [-0.05, 0) is 36.2 Å². The highest BCUT2D eigenvalue weighted by molar-refractivity contribution is 5.95. The first-order chi connectivity index (χ1) is 12.3. The highest BCUT2D eigenvalue weighted by Crippen LogP contribution is 2.26. The zero-order chi connectivity index (χ0) is 17.5. The lowest BCUT2D eigenvalue weighted by Gasteiger charge is -2.30. The van der Waals surface area contributed by atoms with Gasteiger partial charge >= 0.3 is 0 Å². The number of amides is 1. The molecule has 2 aromatic carbocycles. The van der Waals surface area contributed by atoms with Gasteiger partial charge in [0, 0.05) is 13.1 Å². The van der Waals surface area contributed by atoms with Gasteiger partial charge in [-0.25, -0.2) is 0 Å². The maximum absolute atomic E-state index is 12.3. The number of anilines is 2. The maximum atomic E-state index is 12.3. The van der Waals surface area contributed by atoms with Gasteiger partial charge in [-0.1, -0.05) is 31.2 Å². The Hall–Kier alpha value is -2.53. The molecule has 1 fully saturated rings. The molecular weight excluding hydrogens is 316 g/mol. The van der Waals surface area contributed by atoms with Crippen molar-refractivity contribution in [2.75, 3.05) is 43.1 Å². The monoisotopic (exact) mass is 340 g/mol. The largest absolute Gasteiger partial charge is 0.484 e. The minimum Gasteiger partial charge on any atom is -0.484 e. The predicted molar refractivity (Wildman–Crippen MR) is 99.4 cm³/mol. The summed E-state index contributed by atoms with van der Waals surface area (Å²) in [6, 6.07) is 15.7. The number of para-hydroxylation sites is 2. The van der Waals surface area contributed by atoms with Crippen molar-refractivity contribution < 1.29 is 14.3 Å². The molecule has 0 atom stereocenters. The Morgan fingerprint density at radius 1 is 1.16 bits per heavy atom. The van der Waals surface area contributed by atoms with Gasteiger partial charge in [0.1, 0.15) is 5.75 Å². The third kappa shape index (κ3) is 4.73. The van der Waals surface area contributed by atoms with Crippen molar-refractivity contribution in [3.63, 3.8) is 0 Å². The Morgan fingerprint density at radius 3 is 2.76 bits per heavy atom. The quantitative estimate of drug-likeness (QED) is 0.878. The van der Waals surface area contributed by atoms with E-state index in [0.717, 1.165) is 36.6 Å². The predicted octanol–water partition coefficient (Wildman–Crippen LogP) is 3.10. The SMILES string of the molecule is CCc1cccc(OCC(=O)Nc2ccccc2N2CCOCC2)c1. The van der Waals surface area contributed by atoms with Crippen molar-refractivity contribution in [2.45, 2.75) is 13.3 Å². The van der Waals surface area contributed by atoms with Crippen molar-refractivity contribution in [3.8, 4) is 5.75 Å². The van der Waals surface area contributed by atoms with Crippen LogP contribution in [0.5, 0.6) is 5.75 Å². The molecule has 0 bridgehead atoms. The minimum atomic E-state index is -0.164. The number of benzene rings is 2. The molecule has 1 aliphatic rings. The Labute approximate surface area is 148 Å². The maximum Gasteiger partial charge on any atom is 0.262 e. The van der Waals surface area contributed by atoms with Gasteiger partial charge in [0.2, 0.25) is 0 Å². The zero-order valence-electron chi connectivity index (χ0n) is 14.5. The van der Waals surface area contributed by atoms with Crippen LogP contribution in [0.4, 0.5) is 11.4 Å². The van der Waals surface area contributed by atoms with E-state index in [9.17, 15) is 4.79 Å². The highest BCUT2D eigenvalue weighted by atomic mass is 16.5. The van der Waals surface area contributed by atoms with Crippen LogP contribution in [0.3, 0.4) is 0 Å². The van der Waals surface area contributed by atoms with Gasteiger partial charge in [-0.2, -0.15) is 0 Å². The van der Waals surface area contributed by atoms with Gasteiger partial charge < -0.3 is 19.7 Å². The molecular formula is C20H24N2O3. The van der Waals surface area contributed by atoms with Crippen LogP contribution in [0.1, 0.15) is 12.5 Å². The molecule has 5 nitrogen and oxygen atoms in total. The van der Waals surface area contributed by atoms with E-state index in [2.05, 4.69) is 17.1 Å². The van der Waals surface area contributed by atoms with Crippen LogP contribution >= 0.6 is 0 Å². The number of carbonyl (C=O) groups is 1. The fraction of sp³-hybridized carbons (Fsp3) is 0.350. The number of nitrogens with zero attached hydrogens (tertiary/aromatic N) is 1. The van der Waals surface area contributed by atoms with Crippen LogP contribution in [-0.4, -0.2) is 38.8 Å². The molecule has 0 spiro atoms. The fourth-order valence-electron chi connectivity index (χ4n) is 2.85. The van der Waals surface area contributed by atoms with Crippen molar-refractivity contribution >= 4 is 17.3 Å². The second-order valence-corrected chi connectivity index (χ2v) is 5.95. The van der Waals surface area contributed by atoms with Crippen LogP contribution in [0.25, 0.3) is 0 Å². The van der Waals surface area contributed by atoms with Crippen molar-refractivity contribution in [3.05, 3.63) is 54.1 Å². The van der Waals surface area contributed by atoms with Gasteiger partial charge in [0.05, 0.1) is 24.6 Å². The van der Waals surface area contributed by atoms with Crippen LogP contribution < -0.4 is 15.0 Å². The molecule has 1 N–H and O–H groups in total. The molecule has 3 rings (SSSR count). The first-order valence-corrected chi connectivity index (χ1v) is 8.69. The van der Waals surface area contributed by atoms with E-state index in [-0.39, 0.29) is 12.5 Å². The number of ether oxygens (including phenoxy) is 2. The topological polar surface area (TPSA) is 50.8 Å². The first-order valence-electron chi connectivity index (χ1n) is 8.69. The number of morpholine rings is 1. The Balaban J connectivity index is 1.61. The van der Waals surface area contributed by atoms with Crippen LogP contribution in [-0.2, 0) is 16.0 Å². The minimum absolute atomic E-state index is 0.00931. The summed E-state index contributed by atoms with van der Waals surface area (Å²) in [5.41, 5.74) is 3.02. The first kappa shape index (κ1) is 17.3. The number of nitrogens with one attached hydrogen (secondary N) is 1. The van der Waals surface area contributed by atoms with Crippen LogP contribution in [0.2, 0.25) is 0 Å².